The Morgan fingerprint density at radius 2 is 2.17 bits per heavy atom. The van der Waals surface area contributed by atoms with Gasteiger partial charge in [0.15, 0.2) is 9.84 Å². The van der Waals surface area contributed by atoms with Gasteiger partial charge in [0.05, 0.1) is 11.3 Å². The van der Waals surface area contributed by atoms with Crippen molar-refractivity contribution < 1.29 is 13.2 Å². The van der Waals surface area contributed by atoms with E-state index in [1.54, 1.807) is 6.92 Å². The molecule has 106 valence electrons. The molecule has 1 fully saturated rings. The number of rotatable bonds is 5. The van der Waals surface area contributed by atoms with E-state index in [1.807, 2.05) is 0 Å². The quantitative estimate of drug-likeness (QED) is 0.762. The van der Waals surface area contributed by atoms with E-state index in [-0.39, 0.29) is 24.0 Å². The first-order chi connectivity index (χ1) is 8.29. The molecule has 0 bridgehead atoms. The number of sulfone groups is 1. The molecule has 1 amide bonds. The lowest BCUT2D eigenvalue weighted by atomic mass is 9.76. The van der Waals surface area contributed by atoms with Gasteiger partial charge >= 0.3 is 0 Å². The molecule has 1 saturated carbocycles. The molecule has 2 atom stereocenters. The van der Waals surface area contributed by atoms with Crippen molar-refractivity contribution in [3.05, 3.63) is 0 Å². The van der Waals surface area contributed by atoms with Crippen LogP contribution in [0.5, 0.6) is 0 Å². The standard InChI is InChI=1S/C12H24N2O3S/c1-3-18(16,17)8-7-14-11(15)12(13)6-4-5-10(2)9-12/h10H,3-9,13H2,1-2H3,(H,14,15). The van der Waals surface area contributed by atoms with Crippen molar-refractivity contribution in [2.45, 2.75) is 45.1 Å². The van der Waals surface area contributed by atoms with Crippen molar-refractivity contribution >= 4 is 15.7 Å². The molecule has 2 unspecified atom stereocenters. The van der Waals surface area contributed by atoms with Crippen LogP contribution in [0.1, 0.15) is 39.5 Å². The van der Waals surface area contributed by atoms with Crippen molar-refractivity contribution in [3.8, 4) is 0 Å². The summed E-state index contributed by atoms with van der Waals surface area (Å²) >= 11 is 0. The predicted octanol–water partition coefficient (Wildman–Crippen LogP) is 0.445. The highest BCUT2D eigenvalue weighted by molar-refractivity contribution is 7.91. The van der Waals surface area contributed by atoms with E-state index in [0.717, 1.165) is 12.8 Å². The van der Waals surface area contributed by atoms with Gasteiger partial charge < -0.3 is 11.1 Å². The highest BCUT2D eigenvalue weighted by Gasteiger charge is 2.37. The molecule has 1 rings (SSSR count). The fourth-order valence-electron chi connectivity index (χ4n) is 2.44. The molecule has 0 saturated heterocycles. The number of carbonyl (C=O) groups is 1. The molecule has 6 heteroatoms. The zero-order valence-corrected chi connectivity index (χ0v) is 12.1. The SMILES string of the molecule is CCS(=O)(=O)CCNC(=O)C1(N)CCCC(C)C1. The maximum absolute atomic E-state index is 12.0. The number of nitrogens with two attached hydrogens (primary N) is 1. The Kier molecular flexibility index (Phi) is 5.16. The first-order valence-electron chi connectivity index (χ1n) is 6.57. The maximum atomic E-state index is 12.0. The molecule has 0 aromatic rings. The fourth-order valence-corrected chi connectivity index (χ4v) is 3.14. The van der Waals surface area contributed by atoms with E-state index in [2.05, 4.69) is 12.2 Å². The summed E-state index contributed by atoms with van der Waals surface area (Å²) in [5.74, 6) is 0.336. The summed E-state index contributed by atoms with van der Waals surface area (Å²) in [6.45, 7) is 3.85. The second-order valence-corrected chi connectivity index (χ2v) is 7.82. The van der Waals surface area contributed by atoms with Gasteiger partial charge in [0.1, 0.15) is 0 Å². The molecule has 1 aliphatic rings. The Bertz CT molecular complexity index is 394. The molecule has 1 aliphatic carbocycles. The van der Waals surface area contributed by atoms with Gasteiger partial charge in [0.25, 0.3) is 0 Å². The Labute approximate surface area is 109 Å². The average Bonchev–Trinajstić information content (AvgIpc) is 2.28. The molecule has 18 heavy (non-hydrogen) atoms. The van der Waals surface area contributed by atoms with Gasteiger partial charge in [-0.3, -0.25) is 4.79 Å². The van der Waals surface area contributed by atoms with Gasteiger partial charge in [-0.25, -0.2) is 8.42 Å². The predicted molar refractivity (Wildman–Crippen MR) is 71.9 cm³/mol. The number of carbonyl (C=O) groups excluding carboxylic acids is 1. The molecule has 0 aromatic carbocycles. The van der Waals surface area contributed by atoms with Crippen molar-refractivity contribution in [2.75, 3.05) is 18.1 Å². The van der Waals surface area contributed by atoms with Crippen LogP contribution in [0, 0.1) is 5.92 Å². The van der Waals surface area contributed by atoms with Crippen LogP contribution in [-0.2, 0) is 14.6 Å². The number of hydrogen-bond donors (Lipinski definition) is 2. The molecule has 0 spiro atoms. The van der Waals surface area contributed by atoms with Crippen LogP contribution in [0.25, 0.3) is 0 Å². The smallest absolute Gasteiger partial charge is 0.240 e. The largest absolute Gasteiger partial charge is 0.353 e. The zero-order valence-electron chi connectivity index (χ0n) is 11.2. The number of amides is 1. The van der Waals surface area contributed by atoms with Crippen LogP contribution in [0.2, 0.25) is 0 Å². The lowest BCUT2D eigenvalue weighted by Crippen LogP contribution is -2.56. The van der Waals surface area contributed by atoms with E-state index in [4.69, 9.17) is 5.73 Å². The first-order valence-corrected chi connectivity index (χ1v) is 8.39. The lowest BCUT2D eigenvalue weighted by molar-refractivity contribution is -0.127. The van der Waals surface area contributed by atoms with Gasteiger partial charge in [-0.15, -0.1) is 0 Å². The minimum Gasteiger partial charge on any atom is -0.353 e. The Morgan fingerprint density at radius 3 is 2.72 bits per heavy atom. The summed E-state index contributed by atoms with van der Waals surface area (Å²) in [5.41, 5.74) is 5.30. The first kappa shape index (κ1) is 15.4. The summed E-state index contributed by atoms with van der Waals surface area (Å²) in [4.78, 5) is 12.0. The summed E-state index contributed by atoms with van der Waals surface area (Å²) in [5, 5.41) is 2.66. The third-order valence-corrected chi connectivity index (χ3v) is 5.33. The van der Waals surface area contributed by atoms with Gasteiger partial charge in [0, 0.05) is 12.3 Å². The summed E-state index contributed by atoms with van der Waals surface area (Å²) in [7, 11) is -3.03. The molecule has 0 radical (unpaired) electrons. The van der Waals surface area contributed by atoms with Crippen LogP contribution in [-0.4, -0.2) is 37.9 Å². The van der Waals surface area contributed by atoms with Crippen LogP contribution in [0.4, 0.5) is 0 Å². The maximum Gasteiger partial charge on any atom is 0.240 e. The van der Waals surface area contributed by atoms with Gasteiger partial charge in [-0.2, -0.15) is 0 Å². The van der Waals surface area contributed by atoms with Gasteiger partial charge in [0.2, 0.25) is 5.91 Å². The van der Waals surface area contributed by atoms with E-state index in [1.165, 1.54) is 0 Å². The minimum absolute atomic E-state index is 0.0130. The third-order valence-electron chi connectivity index (χ3n) is 3.62. The summed E-state index contributed by atoms with van der Waals surface area (Å²) in [6.07, 6.45) is 3.43. The number of hydrogen-bond acceptors (Lipinski definition) is 4. The fraction of sp³-hybridized carbons (Fsp3) is 0.917. The van der Waals surface area contributed by atoms with E-state index >= 15 is 0 Å². The highest BCUT2D eigenvalue weighted by Crippen LogP contribution is 2.30. The average molecular weight is 276 g/mol. The van der Waals surface area contributed by atoms with Crippen LogP contribution < -0.4 is 11.1 Å². The minimum atomic E-state index is -3.03. The third kappa shape index (κ3) is 4.24. The Morgan fingerprint density at radius 1 is 1.50 bits per heavy atom. The van der Waals surface area contributed by atoms with Crippen LogP contribution >= 0.6 is 0 Å². The normalized spacial score (nSPS) is 28.9. The molecule has 0 heterocycles. The summed E-state index contributed by atoms with van der Waals surface area (Å²) < 4.78 is 22.6. The van der Waals surface area contributed by atoms with Gasteiger partial charge in [-0.1, -0.05) is 26.7 Å². The van der Waals surface area contributed by atoms with E-state index < -0.39 is 15.4 Å². The van der Waals surface area contributed by atoms with Crippen LogP contribution in [0.3, 0.4) is 0 Å². The van der Waals surface area contributed by atoms with E-state index in [0.29, 0.717) is 18.8 Å². The lowest BCUT2D eigenvalue weighted by Gasteiger charge is -2.35. The van der Waals surface area contributed by atoms with Crippen molar-refractivity contribution in [1.29, 1.82) is 0 Å². The van der Waals surface area contributed by atoms with Crippen molar-refractivity contribution in [3.63, 3.8) is 0 Å². The van der Waals surface area contributed by atoms with Crippen molar-refractivity contribution in [2.24, 2.45) is 11.7 Å². The topological polar surface area (TPSA) is 89.3 Å². The second kappa shape index (κ2) is 6.02. The second-order valence-electron chi connectivity index (χ2n) is 5.35. The van der Waals surface area contributed by atoms with Gasteiger partial charge in [-0.05, 0) is 18.8 Å². The monoisotopic (exact) mass is 276 g/mol. The molecule has 0 aliphatic heterocycles. The number of nitrogens with one attached hydrogen (secondary N) is 1. The molecule has 0 aromatic heterocycles. The highest BCUT2D eigenvalue weighted by atomic mass is 32.2. The molecule has 3 N–H and O–H groups in total. The van der Waals surface area contributed by atoms with Crippen molar-refractivity contribution in [1.82, 2.24) is 5.32 Å². The molecular formula is C12H24N2O3S. The van der Waals surface area contributed by atoms with Crippen LogP contribution in [0.15, 0.2) is 0 Å². The zero-order chi connectivity index (χ0) is 13.8. The Hall–Kier alpha value is -0.620. The molecular weight excluding hydrogens is 252 g/mol. The summed E-state index contributed by atoms with van der Waals surface area (Å²) in [6, 6.07) is 0. The van der Waals surface area contributed by atoms with E-state index in [9.17, 15) is 13.2 Å². The molecule has 5 nitrogen and oxygen atoms in total. The Balaban J connectivity index is 2.45.